The van der Waals surface area contributed by atoms with Crippen LogP contribution in [0.1, 0.15) is 84.5 Å². The van der Waals surface area contributed by atoms with Crippen LogP contribution in [0.25, 0.3) is 0 Å². The second-order valence-electron chi connectivity index (χ2n) is 7.21. The summed E-state index contributed by atoms with van der Waals surface area (Å²) >= 11 is 0. The molecule has 2 aliphatic rings. The zero-order valence-corrected chi connectivity index (χ0v) is 13.5. The van der Waals surface area contributed by atoms with E-state index in [0.717, 1.165) is 30.6 Å². The molecule has 116 valence electrons. The molecular formula is C18H33NO. The Balaban J connectivity index is 1.55. The highest BCUT2D eigenvalue weighted by atomic mass is 16.1. The largest absolute Gasteiger partial charge is 0.353 e. The van der Waals surface area contributed by atoms with Crippen molar-refractivity contribution >= 4 is 5.91 Å². The van der Waals surface area contributed by atoms with Crippen molar-refractivity contribution in [1.82, 2.24) is 5.32 Å². The van der Waals surface area contributed by atoms with Crippen molar-refractivity contribution in [2.24, 2.45) is 17.8 Å². The molecule has 4 unspecified atom stereocenters. The Hall–Kier alpha value is -0.530. The SMILES string of the molecule is CCCCCCCCC(=O)NC(C)C1CC2CCC1C2. The van der Waals surface area contributed by atoms with Crippen LogP contribution in [-0.4, -0.2) is 11.9 Å². The summed E-state index contributed by atoms with van der Waals surface area (Å²) in [6.45, 7) is 4.47. The molecule has 20 heavy (non-hydrogen) atoms. The molecule has 2 nitrogen and oxygen atoms in total. The molecule has 0 aromatic heterocycles. The summed E-state index contributed by atoms with van der Waals surface area (Å²) in [4.78, 5) is 12.0. The number of amides is 1. The molecule has 0 aromatic rings. The minimum absolute atomic E-state index is 0.288. The standard InChI is InChI=1S/C18H33NO/c1-3-4-5-6-7-8-9-18(20)19-14(2)17-13-15-10-11-16(17)12-15/h14-17H,3-13H2,1-2H3,(H,19,20). The van der Waals surface area contributed by atoms with Gasteiger partial charge in [0.2, 0.25) is 5.91 Å². The number of rotatable bonds is 9. The van der Waals surface area contributed by atoms with Crippen molar-refractivity contribution in [2.75, 3.05) is 0 Å². The second-order valence-corrected chi connectivity index (χ2v) is 7.21. The first-order valence-electron chi connectivity index (χ1n) is 9.00. The molecule has 2 rings (SSSR count). The zero-order valence-electron chi connectivity index (χ0n) is 13.5. The van der Waals surface area contributed by atoms with Gasteiger partial charge < -0.3 is 5.32 Å². The van der Waals surface area contributed by atoms with E-state index in [9.17, 15) is 4.79 Å². The highest BCUT2D eigenvalue weighted by Gasteiger charge is 2.41. The van der Waals surface area contributed by atoms with Crippen molar-refractivity contribution in [3.05, 3.63) is 0 Å². The van der Waals surface area contributed by atoms with Crippen LogP contribution in [0, 0.1) is 17.8 Å². The molecule has 4 atom stereocenters. The van der Waals surface area contributed by atoms with E-state index in [4.69, 9.17) is 0 Å². The Labute approximate surface area is 125 Å². The zero-order chi connectivity index (χ0) is 14.4. The third kappa shape index (κ3) is 4.49. The number of carbonyl (C=O) groups is 1. The number of nitrogens with one attached hydrogen (secondary N) is 1. The molecule has 1 amide bonds. The van der Waals surface area contributed by atoms with Crippen molar-refractivity contribution in [2.45, 2.75) is 90.5 Å². The molecule has 2 aliphatic carbocycles. The quantitative estimate of drug-likeness (QED) is 0.610. The summed E-state index contributed by atoms with van der Waals surface area (Å²) in [5.74, 6) is 2.94. The second kappa shape index (κ2) is 8.05. The number of unbranched alkanes of at least 4 members (excludes halogenated alkanes) is 5. The van der Waals surface area contributed by atoms with Crippen LogP contribution in [0.15, 0.2) is 0 Å². The van der Waals surface area contributed by atoms with Crippen LogP contribution in [0.3, 0.4) is 0 Å². The third-order valence-electron chi connectivity index (χ3n) is 5.58. The monoisotopic (exact) mass is 279 g/mol. The minimum Gasteiger partial charge on any atom is -0.353 e. The number of hydrogen-bond acceptors (Lipinski definition) is 1. The normalized spacial score (nSPS) is 29.6. The van der Waals surface area contributed by atoms with Gasteiger partial charge >= 0.3 is 0 Å². The number of fused-ring (bicyclic) bond motifs is 2. The first kappa shape index (κ1) is 15.9. The maximum absolute atomic E-state index is 12.0. The highest BCUT2D eigenvalue weighted by Crippen LogP contribution is 2.49. The molecule has 1 N–H and O–H groups in total. The average molecular weight is 279 g/mol. The van der Waals surface area contributed by atoms with Crippen molar-refractivity contribution in [3.8, 4) is 0 Å². The summed E-state index contributed by atoms with van der Waals surface area (Å²) in [6, 6.07) is 0.401. The first-order valence-corrected chi connectivity index (χ1v) is 9.00. The van der Waals surface area contributed by atoms with Gasteiger partial charge in [0.15, 0.2) is 0 Å². The summed E-state index contributed by atoms with van der Waals surface area (Å²) in [7, 11) is 0. The van der Waals surface area contributed by atoms with E-state index in [-0.39, 0.29) is 5.91 Å². The molecule has 0 spiro atoms. The lowest BCUT2D eigenvalue weighted by atomic mass is 9.84. The van der Waals surface area contributed by atoms with E-state index in [1.165, 1.54) is 57.8 Å². The Morgan fingerprint density at radius 3 is 2.50 bits per heavy atom. The molecule has 0 saturated heterocycles. The first-order chi connectivity index (χ1) is 9.70. The Morgan fingerprint density at radius 2 is 1.85 bits per heavy atom. The topological polar surface area (TPSA) is 29.1 Å². The fraction of sp³-hybridized carbons (Fsp3) is 0.944. The van der Waals surface area contributed by atoms with Gasteiger partial charge in [0.05, 0.1) is 0 Å². The summed E-state index contributed by atoms with van der Waals surface area (Å²) < 4.78 is 0. The van der Waals surface area contributed by atoms with Gasteiger partial charge in [-0.05, 0) is 50.4 Å². The minimum atomic E-state index is 0.288. The maximum atomic E-state index is 12.0. The van der Waals surface area contributed by atoms with Gasteiger partial charge in [0, 0.05) is 12.5 Å². The van der Waals surface area contributed by atoms with Gasteiger partial charge in [-0.25, -0.2) is 0 Å². The van der Waals surface area contributed by atoms with Crippen LogP contribution in [0.4, 0.5) is 0 Å². The van der Waals surface area contributed by atoms with Gasteiger partial charge in [0.1, 0.15) is 0 Å². The lowest BCUT2D eigenvalue weighted by molar-refractivity contribution is -0.122. The predicted molar refractivity (Wildman–Crippen MR) is 84.5 cm³/mol. The van der Waals surface area contributed by atoms with Gasteiger partial charge in [-0.15, -0.1) is 0 Å². The molecular weight excluding hydrogens is 246 g/mol. The lowest BCUT2D eigenvalue weighted by Crippen LogP contribution is -2.40. The fourth-order valence-corrected chi connectivity index (χ4v) is 4.41. The highest BCUT2D eigenvalue weighted by molar-refractivity contribution is 5.76. The lowest BCUT2D eigenvalue weighted by Gasteiger charge is -2.28. The van der Waals surface area contributed by atoms with Gasteiger partial charge in [-0.3, -0.25) is 4.79 Å². The van der Waals surface area contributed by atoms with Crippen LogP contribution in [-0.2, 0) is 4.79 Å². The molecule has 0 heterocycles. The Kier molecular flexibility index (Phi) is 6.38. The van der Waals surface area contributed by atoms with Crippen molar-refractivity contribution in [3.63, 3.8) is 0 Å². The predicted octanol–water partition coefficient (Wildman–Crippen LogP) is 4.68. The van der Waals surface area contributed by atoms with E-state index in [1.54, 1.807) is 0 Å². The van der Waals surface area contributed by atoms with E-state index in [2.05, 4.69) is 19.2 Å². The average Bonchev–Trinajstić information content (AvgIpc) is 3.05. The molecule has 2 saturated carbocycles. The smallest absolute Gasteiger partial charge is 0.220 e. The van der Waals surface area contributed by atoms with Crippen LogP contribution < -0.4 is 5.32 Å². The van der Waals surface area contributed by atoms with Crippen LogP contribution in [0.2, 0.25) is 0 Å². The number of hydrogen-bond donors (Lipinski definition) is 1. The van der Waals surface area contributed by atoms with E-state index in [1.807, 2.05) is 0 Å². The van der Waals surface area contributed by atoms with Gasteiger partial charge in [-0.2, -0.15) is 0 Å². The van der Waals surface area contributed by atoms with Crippen LogP contribution in [0.5, 0.6) is 0 Å². The van der Waals surface area contributed by atoms with Crippen molar-refractivity contribution in [1.29, 1.82) is 0 Å². The number of carbonyl (C=O) groups excluding carboxylic acids is 1. The van der Waals surface area contributed by atoms with Gasteiger partial charge in [0.25, 0.3) is 0 Å². The van der Waals surface area contributed by atoms with Gasteiger partial charge in [-0.1, -0.05) is 45.4 Å². The molecule has 0 aliphatic heterocycles. The summed E-state index contributed by atoms with van der Waals surface area (Å²) in [6.07, 6.45) is 13.9. The van der Waals surface area contributed by atoms with E-state index >= 15 is 0 Å². The van der Waals surface area contributed by atoms with Crippen LogP contribution >= 0.6 is 0 Å². The fourth-order valence-electron chi connectivity index (χ4n) is 4.41. The Morgan fingerprint density at radius 1 is 1.10 bits per heavy atom. The molecule has 0 radical (unpaired) electrons. The van der Waals surface area contributed by atoms with E-state index in [0.29, 0.717) is 6.04 Å². The van der Waals surface area contributed by atoms with Crippen molar-refractivity contribution < 1.29 is 4.79 Å². The Bertz CT molecular complexity index is 302. The summed E-state index contributed by atoms with van der Waals surface area (Å²) in [5.41, 5.74) is 0. The molecule has 0 aromatic carbocycles. The molecule has 2 bridgehead atoms. The molecule has 2 fully saturated rings. The molecule has 2 heteroatoms. The maximum Gasteiger partial charge on any atom is 0.220 e. The summed E-state index contributed by atoms with van der Waals surface area (Å²) in [5, 5.41) is 3.27. The third-order valence-corrected chi connectivity index (χ3v) is 5.58. The van der Waals surface area contributed by atoms with E-state index < -0.39 is 0 Å².